The summed E-state index contributed by atoms with van der Waals surface area (Å²) in [6.45, 7) is 2.44. The SMILES string of the molecule is CCn1c(Sc2cccc(NN)n2)n[nH]c1=O. The number of aromatic nitrogens is 4. The molecule has 2 heterocycles. The van der Waals surface area contributed by atoms with E-state index in [4.69, 9.17) is 5.84 Å². The fourth-order valence-corrected chi connectivity index (χ4v) is 2.20. The van der Waals surface area contributed by atoms with Crippen LogP contribution in [0.5, 0.6) is 0 Å². The average molecular weight is 252 g/mol. The summed E-state index contributed by atoms with van der Waals surface area (Å²) in [6, 6.07) is 5.40. The standard InChI is InChI=1S/C9H12N6OS/c1-2-15-8(16)13-14-9(15)17-7-5-3-4-6(11-7)12-10/h3-5H,2,10H2,1H3,(H,11,12)(H,13,16). The van der Waals surface area contributed by atoms with Gasteiger partial charge in [0, 0.05) is 6.54 Å². The van der Waals surface area contributed by atoms with Crippen molar-refractivity contribution in [3.63, 3.8) is 0 Å². The normalized spacial score (nSPS) is 10.5. The first-order valence-corrected chi connectivity index (χ1v) is 5.83. The molecule has 0 aliphatic carbocycles. The number of rotatable bonds is 4. The lowest BCUT2D eigenvalue weighted by Crippen LogP contribution is -2.16. The van der Waals surface area contributed by atoms with Gasteiger partial charge < -0.3 is 5.43 Å². The summed E-state index contributed by atoms with van der Waals surface area (Å²) >= 11 is 1.30. The molecule has 0 unspecified atom stereocenters. The number of hydrazine groups is 1. The molecule has 0 saturated heterocycles. The van der Waals surface area contributed by atoms with E-state index in [1.807, 2.05) is 19.1 Å². The van der Waals surface area contributed by atoms with Gasteiger partial charge in [0.05, 0.1) is 0 Å². The Morgan fingerprint density at radius 3 is 3.12 bits per heavy atom. The molecular formula is C9H12N6OS. The molecule has 0 aliphatic heterocycles. The van der Waals surface area contributed by atoms with Crippen molar-refractivity contribution in [2.75, 3.05) is 5.43 Å². The van der Waals surface area contributed by atoms with Gasteiger partial charge in [0.2, 0.25) is 0 Å². The van der Waals surface area contributed by atoms with Crippen molar-refractivity contribution < 1.29 is 0 Å². The number of nitrogen functional groups attached to an aromatic ring is 1. The van der Waals surface area contributed by atoms with Crippen LogP contribution in [0.15, 0.2) is 33.2 Å². The minimum atomic E-state index is -0.219. The Kier molecular flexibility index (Phi) is 3.45. The number of hydrogen-bond donors (Lipinski definition) is 3. The number of pyridine rings is 1. The minimum Gasteiger partial charge on any atom is -0.308 e. The first-order chi connectivity index (χ1) is 8.24. The lowest BCUT2D eigenvalue weighted by atomic mass is 10.5. The van der Waals surface area contributed by atoms with Crippen LogP contribution in [-0.4, -0.2) is 19.7 Å². The zero-order valence-electron chi connectivity index (χ0n) is 9.17. The first kappa shape index (κ1) is 11.7. The van der Waals surface area contributed by atoms with Gasteiger partial charge in [-0.05, 0) is 30.8 Å². The van der Waals surface area contributed by atoms with Crippen molar-refractivity contribution in [2.24, 2.45) is 5.84 Å². The van der Waals surface area contributed by atoms with Gasteiger partial charge in [0.15, 0.2) is 5.16 Å². The Hall–Kier alpha value is -1.80. The van der Waals surface area contributed by atoms with Crippen LogP contribution in [0.25, 0.3) is 0 Å². The Balaban J connectivity index is 2.28. The highest BCUT2D eigenvalue weighted by atomic mass is 32.2. The van der Waals surface area contributed by atoms with Gasteiger partial charge in [-0.3, -0.25) is 4.57 Å². The van der Waals surface area contributed by atoms with E-state index < -0.39 is 0 Å². The largest absolute Gasteiger partial charge is 0.343 e. The number of aromatic amines is 1. The van der Waals surface area contributed by atoms with Crippen LogP contribution in [0, 0.1) is 0 Å². The fourth-order valence-electron chi connectivity index (χ4n) is 1.31. The number of H-pyrrole nitrogens is 1. The zero-order chi connectivity index (χ0) is 12.3. The average Bonchev–Trinajstić information content (AvgIpc) is 2.70. The lowest BCUT2D eigenvalue weighted by Gasteiger charge is -2.03. The maximum atomic E-state index is 11.4. The number of nitrogens with one attached hydrogen (secondary N) is 2. The molecule has 90 valence electrons. The maximum Gasteiger partial charge on any atom is 0.343 e. The minimum absolute atomic E-state index is 0.219. The summed E-state index contributed by atoms with van der Waals surface area (Å²) in [5.74, 6) is 5.84. The Bertz CT molecular complexity index is 563. The van der Waals surface area contributed by atoms with Gasteiger partial charge in [-0.1, -0.05) is 6.07 Å². The molecule has 0 atom stereocenters. The molecule has 0 saturated carbocycles. The topological polar surface area (TPSA) is 102 Å². The van der Waals surface area contributed by atoms with Crippen molar-refractivity contribution >= 4 is 17.6 Å². The van der Waals surface area contributed by atoms with Crippen molar-refractivity contribution in [2.45, 2.75) is 23.7 Å². The zero-order valence-corrected chi connectivity index (χ0v) is 9.99. The Morgan fingerprint density at radius 2 is 2.41 bits per heavy atom. The molecule has 0 aliphatic rings. The monoisotopic (exact) mass is 252 g/mol. The van der Waals surface area contributed by atoms with Crippen LogP contribution in [0.2, 0.25) is 0 Å². The highest BCUT2D eigenvalue weighted by molar-refractivity contribution is 7.99. The summed E-state index contributed by atoms with van der Waals surface area (Å²) in [6.07, 6.45) is 0. The Labute approximate surface area is 101 Å². The van der Waals surface area contributed by atoms with E-state index in [0.717, 1.165) is 0 Å². The second-order valence-electron chi connectivity index (χ2n) is 3.16. The van der Waals surface area contributed by atoms with Crippen LogP contribution < -0.4 is 17.0 Å². The van der Waals surface area contributed by atoms with E-state index >= 15 is 0 Å². The van der Waals surface area contributed by atoms with Crippen LogP contribution in [0.1, 0.15) is 6.92 Å². The molecule has 0 radical (unpaired) electrons. The van der Waals surface area contributed by atoms with Gasteiger partial charge in [0.1, 0.15) is 10.8 Å². The third-order valence-corrected chi connectivity index (χ3v) is 3.04. The van der Waals surface area contributed by atoms with E-state index in [-0.39, 0.29) is 5.69 Å². The molecule has 0 amide bonds. The van der Waals surface area contributed by atoms with Crippen LogP contribution in [0.4, 0.5) is 5.82 Å². The van der Waals surface area contributed by atoms with E-state index in [1.165, 1.54) is 16.3 Å². The Morgan fingerprint density at radius 1 is 1.59 bits per heavy atom. The van der Waals surface area contributed by atoms with E-state index in [9.17, 15) is 4.79 Å². The molecular weight excluding hydrogens is 240 g/mol. The maximum absolute atomic E-state index is 11.4. The predicted molar refractivity (Wildman–Crippen MR) is 64.7 cm³/mol. The molecule has 17 heavy (non-hydrogen) atoms. The van der Waals surface area contributed by atoms with Crippen LogP contribution >= 0.6 is 11.8 Å². The van der Waals surface area contributed by atoms with E-state index in [0.29, 0.717) is 22.5 Å². The van der Waals surface area contributed by atoms with E-state index in [1.54, 1.807) is 6.07 Å². The predicted octanol–water partition coefficient (Wildman–Crippen LogP) is 0.423. The number of hydrogen-bond acceptors (Lipinski definition) is 6. The second kappa shape index (κ2) is 5.02. The van der Waals surface area contributed by atoms with Crippen molar-refractivity contribution in [1.82, 2.24) is 19.7 Å². The van der Waals surface area contributed by atoms with Crippen molar-refractivity contribution in [3.05, 3.63) is 28.7 Å². The fraction of sp³-hybridized carbons (Fsp3) is 0.222. The van der Waals surface area contributed by atoms with Crippen LogP contribution in [-0.2, 0) is 6.54 Å². The number of anilines is 1. The molecule has 2 aromatic heterocycles. The van der Waals surface area contributed by atoms with Crippen molar-refractivity contribution in [1.29, 1.82) is 0 Å². The third-order valence-electron chi connectivity index (χ3n) is 2.11. The molecule has 0 fully saturated rings. The highest BCUT2D eigenvalue weighted by Crippen LogP contribution is 2.23. The number of nitrogens with two attached hydrogens (primary N) is 1. The molecule has 0 spiro atoms. The van der Waals surface area contributed by atoms with Crippen molar-refractivity contribution in [3.8, 4) is 0 Å². The van der Waals surface area contributed by atoms with Gasteiger partial charge in [-0.15, -0.1) is 5.10 Å². The van der Waals surface area contributed by atoms with E-state index in [2.05, 4.69) is 20.6 Å². The molecule has 0 bridgehead atoms. The summed E-state index contributed by atoms with van der Waals surface area (Å²) in [5.41, 5.74) is 2.25. The third kappa shape index (κ3) is 2.48. The molecule has 2 aromatic rings. The summed E-state index contributed by atoms with van der Waals surface area (Å²) in [5, 5.41) is 7.64. The smallest absolute Gasteiger partial charge is 0.308 e. The van der Waals surface area contributed by atoms with Crippen LogP contribution in [0.3, 0.4) is 0 Å². The van der Waals surface area contributed by atoms with Gasteiger partial charge in [-0.25, -0.2) is 20.7 Å². The quantitative estimate of drug-likeness (QED) is 0.538. The molecule has 4 N–H and O–H groups in total. The van der Waals surface area contributed by atoms with Gasteiger partial charge >= 0.3 is 5.69 Å². The summed E-state index contributed by atoms with van der Waals surface area (Å²) in [4.78, 5) is 15.6. The lowest BCUT2D eigenvalue weighted by molar-refractivity contribution is 0.660. The van der Waals surface area contributed by atoms with Gasteiger partial charge in [-0.2, -0.15) is 0 Å². The molecule has 2 rings (SSSR count). The van der Waals surface area contributed by atoms with Gasteiger partial charge in [0.25, 0.3) is 0 Å². The summed E-state index contributed by atoms with van der Waals surface area (Å²) < 4.78 is 1.54. The highest BCUT2D eigenvalue weighted by Gasteiger charge is 2.09. The second-order valence-corrected chi connectivity index (χ2v) is 4.15. The molecule has 0 aromatic carbocycles. The first-order valence-electron chi connectivity index (χ1n) is 5.01. The summed E-state index contributed by atoms with van der Waals surface area (Å²) in [7, 11) is 0. The molecule has 7 nitrogen and oxygen atoms in total. The number of nitrogens with zero attached hydrogens (tertiary/aromatic N) is 3. The molecule has 8 heteroatoms.